The summed E-state index contributed by atoms with van der Waals surface area (Å²) in [5.41, 5.74) is 4.09. The maximum Gasteiger partial charge on any atom is 0.167 e. The predicted molar refractivity (Wildman–Crippen MR) is 123 cm³/mol. The number of rotatable bonds is 5. The van der Waals surface area contributed by atoms with Crippen LogP contribution in [-0.4, -0.2) is 11.6 Å². The second-order valence-corrected chi connectivity index (χ2v) is 7.96. The van der Waals surface area contributed by atoms with Crippen molar-refractivity contribution in [3.05, 3.63) is 107 Å². The lowest BCUT2D eigenvalue weighted by molar-refractivity contribution is 0.0990. The minimum absolute atomic E-state index is 0.158. The Balaban J connectivity index is 0.000000171. The Hall–Kier alpha value is -3.00. The molecule has 0 bridgehead atoms. The summed E-state index contributed by atoms with van der Waals surface area (Å²) < 4.78 is 0. The van der Waals surface area contributed by atoms with Gasteiger partial charge < -0.3 is 0 Å². The van der Waals surface area contributed by atoms with Crippen LogP contribution >= 0.6 is 0 Å². The Morgan fingerprint density at radius 2 is 1.27 bits per heavy atom. The number of carbonyl (C=O) groups excluding carboxylic acids is 2. The quantitative estimate of drug-likeness (QED) is 0.432. The van der Waals surface area contributed by atoms with Crippen LogP contribution in [-0.2, 0) is 6.42 Å². The van der Waals surface area contributed by atoms with E-state index in [0.29, 0.717) is 6.42 Å². The maximum absolute atomic E-state index is 11.8. The number of ketones is 2. The smallest absolute Gasteiger partial charge is 0.167 e. The van der Waals surface area contributed by atoms with Crippen LogP contribution in [0.4, 0.5) is 0 Å². The molecule has 3 aromatic rings. The molecular weight excluding hydrogens is 368 g/mol. The third kappa shape index (κ3) is 6.52. The second kappa shape index (κ2) is 11.3. The highest BCUT2D eigenvalue weighted by Gasteiger charge is 2.15. The van der Waals surface area contributed by atoms with E-state index in [1.165, 1.54) is 37.7 Å². The van der Waals surface area contributed by atoms with Gasteiger partial charge in [0.2, 0.25) is 0 Å². The molecule has 1 aliphatic rings. The molecule has 0 amide bonds. The summed E-state index contributed by atoms with van der Waals surface area (Å²) in [4.78, 5) is 22.9. The molecule has 2 nitrogen and oxygen atoms in total. The largest absolute Gasteiger partial charge is 0.295 e. The lowest BCUT2D eigenvalue weighted by Gasteiger charge is -2.21. The van der Waals surface area contributed by atoms with Crippen LogP contribution < -0.4 is 0 Å². The molecule has 154 valence electrons. The molecule has 0 unspecified atom stereocenters. The average molecular weight is 399 g/mol. The Morgan fingerprint density at radius 1 is 0.700 bits per heavy atom. The molecule has 0 aliphatic heterocycles. The van der Waals surface area contributed by atoms with E-state index in [2.05, 4.69) is 12.1 Å². The zero-order valence-electron chi connectivity index (χ0n) is 17.7. The molecule has 3 aromatic carbocycles. The summed E-state index contributed by atoms with van der Waals surface area (Å²) >= 11 is 0. The predicted octanol–water partition coefficient (Wildman–Crippen LogP) is 7.05. The Labute approximate surface area is 180 Å². The number of hydrogen-bond acceptors (Lipinski definition) is 2. The molecule has 30 heavy (non-hydrogen) atoms. The molecule has 4 rings (SSSR count). The molecule has 2 heteroatoms. The fraction of sp³-hybridized carbons (Fsp3) is 0.286. The highest BCUT2D eigenvalue weighted by Crippen LogP contribution is 2.32. The van der Waals surface area contributed by atoms with Crippen molar-refractivity contribution in [1.29, 1.82) is 0 Å². The second-order valence-electron chi connectivity index (χ2n) is 7.96. The van der Waals surface area contributed by atoms with E-state index in [4.69, 9.17) is 0 Å². The summed E-state index contributed by atoms with van der Waals surface area (Å²) in [7, 11) is 0. The lowest BCUT2D eigenvalue weighted by atomic mass is 9.84. The monoisotopic (exact) mass is 398 g/mol. The Morgan fingerprint density at radius 3 is 1.83 bits per heavy atom. The zero-order valence-corrected chi connectivity index (χ0v) is 17.7. The van der Waals surface area contributed by atoms with E-state index < -0.39 is 0 Å². The summed E-state index contributed by atoms with van der Waals surface area (Å²) in [5, 5.41) is 0. The van der Waals surface area contributed by atoms with Crippen molar-refractivity contribution in [2.45, 2.75) is 51.4 Å². The molecule has 0 heterocycles. The van der Waals surface area contributed by atoms with Crippen LogP contribution in [0.5, 0.6) is 0 Å². The fourth-order valence-corrected chi connectivity index (χ4v) is 3.93. The molecule has 0 radical (unpaired) electrons. The molecule has 0 saturated heterocycles. The van der Waals surface area contributed by atoms with Gasteiger partial charge in [-0.05, 0) is 36.8 Å². The third-order valence-corrected chi connectivity index (χ3v) is 5.70. The Kier molecular flexibility index (Phi) is 8.14. The van der Waals surface area contributed by atoms with Crippen LogP contribution in [0, 0.1) is 0 Å². The standard InChI is InChI=1S/C14H18O.C14H12O/c1-11(15)12-7-9-14(10-8-12)13-5-3-2-4-6-13;15-14(13-9-5-2-6-10-13)11-12-7-3-1-4-8-12/h7-10,13H,2-6H2,1H3;1-10H,11H2. The van der Waals surface area contributed by atoms with Gasteiger partial charge >= 0.3 is 0 Å². The lowest BCUT2D eigenvalue weighted by Crippen LogP contribution is -2.04. The first-order valence-electron chi connectivity index (χ1n) is 10.9. The highest BCUT2D eigenvalue weighted by atomic mass is 16.1. The molecule has 0 spiro atoms. The molecular formula is C28H30O2. The van der Waals surface area contributed by atoms with Crippen LogP contribution in [0.25, 0.3) is 0 Å². The van der Waals surface area contributed by atoms with Crippen LogP contribution in [0.3, 0.4) is 0 Å². The van der Waals surface area contributed by atoms with Gasteiger partial charge in [-0.2, -0.15) is 0 Å². The topological polar surface area (TPSA) is 34.1 Å². The van der Waals surface area contributed by atoms with Gasteiger partial charge in [0.05, 0.1) is 0 Å². The fourth-order valence-electron chi connectivity index (χ4n) is 3.93. The molecule has 1 aliphatic carbocycles. The Bertz CT molecular complexity index is 921. The van der Waals surface area contributed by atoms with Crippen molar-refractivity contribution >= 4 is 11.6 Å². The summed E-state index contributed by atoms with van der Waals surface area (Å²) in [5.74, 6) is 1.06. The van der Waals surface area contributed by atoms with Crippen molar-refractivity contribution in [3.63, 3.8) is 0 Å². The van der Waals surface area contributed by atoms with Gasteiger partial charge in [-0.3, -0.25) is 9.59 Å². The first-order chi connectivity index (χ1) is 14.6. The molecule has 0 aromatic heterocycles. The van der Waals surface area contributed by atoms with Gasteiger partial charge in [0, 0.05) is 17.5 Å². The maximum atomic E-state index is 11.8. The van der Waals surface area contributed by atoms with E-state index >= 15 is 0 Å². The van der Waals surface area contributed by atoms with Gasteiger partial charge in [-0.1, -0.05) is 104 Å². The third-order valence-electron chi connectivity index (χ3n) is 5.70. The molecule has 0 N–H and O–H groups in total. The summed E-state index contributed by atoms with van der Waals surface area (Å²) in [6.45, 7) is 1.62. The minimum atomic E-state index is 0.158. The van der Waals surface area contributed by atoms with Crippen molar-refractivity contribution in [3.8, 4) is 0 Å². The molecule has 1 saturated carbocycles. The summed E-state index contributed by atoms with van der Waals surface area (Å²) in [6, 6.07) is 27.4. The van der Waals surface area contributed by atoms with E-state index in [1.807, 2.05) is 72.8 Å². The van der Waals surface area contributed by atoms with E-state index in [9.17, 15) is 9.59 Å². The zero-order chi connectivity index (χ0) is 21.2. The molecule has 1 fully saturated rings. The van der Waals surface area contributed by atoms with E-state index in [-0.39, 0.29) is 11.6 Å². The number of Topliss-reactive ketones (excluding diaryl/α,β-unsaturated/α-hetero) is 2. The number of hydrogen-bond donors (Lipinski definition) is 0. The normalized spacial score (nSPS) is 13.8. The minimum Gasteiger partial charge on any atom is -0.295 e. The SMILES string of the molecule is CC(=O)c1ccc(C2CCCCC2)cc1.O=C(Cc1ccccc1)c1ccccc1. The van der Waals surface area contributed by atoms with Crippen molar-refractivity contribution in [2.24, 2.45) is 0 Å². The first-order valence-corrected chi connectivity index (χ1v) is 10.9. The van der Waals surface area contributed by atoms with Gasteiger partial charge in [-0.15, -0.1) is 0 Å². The van der Waals surface area contributed by atoms with Crippen LogP contribution in [0.1, 0.15) is 76.8 Å². The van der Waals surface area contributed by atoms with Crippen LogP contribution in [0.15, 0.2) is 84.9 Å². The first kappa shape index (κ1) is 21.7. The van der Waals surface area contributed by atoms with Crippen molar-refractivity contribution in [2.75, 3.05) is 0 Å². The van der Waals surface area contributed by atoms with E-state index in [0.717, 1.165) is 22.6 Å². The highest BCUT2D eigenvalue weighted by molar-refractivity contribution is 5.97. The molecule has 0 atom stereocenters. The van der Waals surface area contributed by atoms with Crippen molar-refractivity contribution < 1.29 is 9.59 Å². The summed E-state index contributed by atoms with van der Waals surface area (Å²) in [6.07, 6.45) is 7.23. The van der Waals surface area contributed by atoms with Gasteiger partial charge in [0.25, 0.3) is 0 Å². The number of benzene rings is 3. The van der Waals surface area contributed by atoms with Crippen LogP contribution in [0.2, 0.25) is 0 Å². The van der Waals surface area contributed by atoms with E-state index in [1.54, 1.807) is 6.92 Å². The van der Waals surface area contributed by atoms with Crippen molar-refractivity contribution in [1.82, 2.24) is 0 Å². The van der Waals surface area contributed by atoms with Gasteiger partial charge in [0.1, 0.15) is 0 Å². The number of carbonyl (C=O) groups is 2. The van der Waals surface area contributed by atoms with Gasteiger partial charge in [-0.25, -0.2) is 0 Å². The van der Waals surface area contributed by atoms with Gasteiger partial charge in [0.15, 0.2) is 11.6 Å². The average Bonchev–Trinajstić information content (AvgIpc) is 2.81.